The highest BCUT2D eigenvalue weighted by Crippen LogP contribution is 2.39. The summed E-state index contributed by atoms with van der Waals surface area (Å²) in [5, 5.41) is 0. The van der Waals surface area contributed by atoms with E-state index in [0.29, 0.717) is 30.2 Å². The van der Waals surface area contributed by atoms with Gasteiger partial charge >= 0.3 is 0 Å². The highest BCUT2D eigenvalue weighted by Gasteiger charge is 2.36. The zero-order valence-corrected chi connectivity index (χ0v) is 17.0. The molecule has 0 bridgehead atoms. The van der Waals surface area contributed by atoms with Crippen LogP contribution in [0.4, 0.5) is 0 Å². The molecule has 3 atom stereocenters. The summed E-state index contributed by atoms with van der Waals surface area (Å²) in [5.74, 6) is 2.31. The first kappa shape index (κ1) is 20.0. The molecular weight excluding hydrogens is 308 g/mol. The van der Waals surface area contributed by atoms with Crippen LogP contribution in [0.1, 0.15) is 51.2 Å². The Balaban J connectivity index is 2.06. The zero-order chi connectivity index (χ0) is 18.6. The van der Waals surface area contributed by atoms with Crippen molar-refractivity contribution in [2.24, 2.45) is 23.7 Å². The maximum atomic E-state index is 13.1. The summed E-state index contributed by atoms with van der Waals surface area (Å²) in [7, 11) is 6.13. The maximum absolute atomic E-state index is 13.1. The molecule has 0 aromatic heterocycles. The predicted molar refractivity (Wildman–Crippen MR) is 105 cm³/mol. The van der Waals surface area contributed by atoms with E-state index in [0.717, 1.165) is 13.0 Å². The van der Waals surface area contributed by atoms with Crippen LogP contribution in [-0.2, 0) is 17.9 Å². The van der Waals surface area contributed by atoms with Gasteiger partial charge in [-0.15, -0.1) is 0 Å². The first-order valence-electron chi connectivity index (χ1n) is 9.75. The average molecular weight is 345 g/mol. The minimum atomic E-state index is 0.193. The summed E-state index contributed by atoms with van der Waals surface area (Å²) in [4.78, 5) is 17.3. The molecule has 0 radical (unpaired) electrons. The summed E-state index contributed by atoms with van der Waals surface area (Å²) >= 11 is 0. The minimum absolute atomic E-state index is 0.193. The fourth-order valence-electron chi connectivity index (χ4n) is 4.31. The first-order valence-corrected chi connectivity index (χ1v) is 9.75. The second kappa shape index (κ2) is 8.84. The van der Waals surface area contributed by atoms with Crippen molar-refractivity contribution < 1.29 is 4.79 Å². The maximum Gasteiger partial charge on any atom is 0.226 e. The van der Waals surface area contributed by atoms with Crippen molar-refractivity contribution in [1.29, 1.82) is 0 Å². The third kappa shape index (κ3) is 5.57. The fourth-order valence-corrected chi connectivity index (χ4v) is 4.31. The Labute approximate surface area is 154 Å². The van der Waals surface area contributed by atoms with Gasteiger partial charge in [0.15, 0.2) is 0 Å². The molecule has 0 aliphatic heterocycles. The van der Waals surface area contributed by atoms with E-state index in [1.165, 1.54) is 24.0 Å². The van der Waals surface area contributed by atoms with Gasteiger partial charge in [0.25, 0.3) is 0 Å². The Kier molecular flexibility index (Phi) is 7.06. The van der Waals surface area contributed by atoms with Gasteiger partial charge in [-0.2, -0.15) is 0 Å². The van der Waals surface area contributed by atoms with E-state index in [-0.39, 0.29) is 5.92 Å². The number of nitrogens with zero attached hydrogens (tertiary/aromatic N) is 2. The Bertz CT molecular complexity index is 567. The van der Waals surface area contributed by atoms with E-state index in [9.17, 15) is 4.79 Å². The second-order valence-corrected chi connectivity index (χ2v) is 8.68. The average Bonchev–Trinajstić information content (AvgIpc) is 2.53. The SMILES string of the molecule is CC(C)[C@@H]1CC[C@@H](C)C[C@H]1C(=O)N(C)Cc1cccc(CN(C)C)c1. The van der Waals surface area contributed by atoms with E-state index in [1.807, 2.05) is 11.9 Å². The Morgan fingerprint density at radius 1 is 1.12 bits per heavy atom. The molecule has 3 nitrogen and oxygen atoms in total. The van der Waals surface area contributed by atoms with Crippen LogP contribution in [0.15, 0.2) is 24.3 Å². The second-order valence-electron chi connectivity index (χ2n) is 8.68. The van der Waals surface area contributed by atoms with E-state index in [1.54, 1.807) is 0 Å². The van der Waals surface area contributed by atoms with Crippen molar-refractivity contribution in [2.75, 3.05) is 21.1 Å². The van der Waals surface area contributed by atoms with Crippen molar-refractivity contribution >= 4 is 5.91 Å². The number of rotatable bonds is 6. The molecule has 0 unspecified atom stereocenters. The quantitative estimate of drug-likeness (QED) is 0.763. The lowest BCUT2D eigenvalue weighted by Gasteiger charge is -2.38. The van der Waals surface area contributed by atoms with Crippen LogP contribution < -0.4 is 0 Å². The van der Waals surface area contributed by atoms with Gasteiger partial charge in [0, 0.05) is 26.1 Å². The molecule has 1 amide bonds. The number of hydrogen-bond acceptors (Lipinski definition) is 2. The van der Waals surface area contributed by atoms with Crippen LogP contribution in [-0.4, -0.2) is 36.9 Å². The molecule has 1 aromatic carbocycles. The largest absolute Gasteiger partial charge is 0.341 e. The van der Waals surface area contributed by atoms with Crippen LogP contribution in [0.25, 0.3) is 0 Å². The number of amides is 1. The molecule has 140 valence electrons. The number of benzene rings is 1. The Morgan fingerprint density at radius 2 is 1.76 bits per heavy atom. The van der Waals surface area contributed by atoms with Crippen molar-refractivity contribution in [2.45, 2.75) is 53.1 Å². The molecule has 3 heteroatoms. The molecule has 1 saturated carbocycles. The Morgan fingerprint density at radius 3 is 2.36 bits per heavy atom. The highest BCUT2D eigenvalue weighted by atomic mass is 16.2. The van der Waals surface area contributed by atoms with E-state index >= 15 is 0 Å². The summed E-state index contributed by atoms with van der Waals surface area (Å²) < 4.78 is 0. The van der Waals surface area contributed by atoms with Crippen molar-refractivity contribution in [3.8, 4) is 0 Å². The van der Waals surface area contributed by atoms with Crippen LogP contribution in [0.2, 0.25) is 0 Å². The molecule has 25 heavy (non-hydrogen) atoms. The van der Waals surface area contributed by atoms with Crippen LogP contribution in [0.3, 0.4) is 0 Å². The molecule has 0 N–H and O–H groups in total. The van der Waals surface area contributed by atoms with Gasteiger partial charge in [0.05, 0.1) is 0 Å². The van der Waals surface area contributed by atoms with E-state index in [2.05, 4.69) is 64.0 Å². The van der Waals surface area contributed by atoms with E-state index in [4.69, 9.17) is 0 Å². The molecule has 1 fully saturated rings. The summed E-state index contributed by atoms with van der Waals surface area (Å²) in [6, 6.07) is 8.62. The first-order chi connectivity index (χ1) is 11.8. The smallest absolute Gasteiger partial charge is 0.226 e. The van der Waals surface area contributed by atoms with Gasteiger partial charge in [-0.25, -0.2) is 0 Å². The van der Waals surface area contributed by atoms with Crippen molar-refractivity contribution in [3.63, 3.8) is 0 Å². The van der Waals surface area contributed by atoms with Gasteiger partial charge < -0.3 is 9.80 Å². The van der Waals surface area contributed by atoms with Gasteiger partial charge in [0.2, 0.25) is 5.91 Å². The van der Waals surface area contributed by atoms with Crippen LogP contribution in [0.5, 0.6) is 0 Å². The van der Waals surface area contributed by atoms with Crippen LogP contribution in [0, 0.1) is 23.7 Å². The summed E-state index contributed by atoms with van der Waals surface area (Å²) in [5.41, 5.74) is 2.52. The summed E-state index contributed by atoms with van der Waals surface area (Å²) in [6.45, 7) is 8.47. The van der Waals surface area contributed by atoms with Crippen molar-refractivity contribution in [3.05, 3.63) is 35.4 Å². The molecule has 0 spiro atoms. The third-order valence-corrected chi connectivity index (χ3v) is 5.63. The topological polar surface area (TPSA) is 23.6 Å². The lowest BCUT2D eigenvalue weighted by molar-refractivity contribution is -0.139. The van der Waals surface area contributed by atoms with Crippen LogP contribution >= 0.6 is 0 Å². The van der Waals surface area contributed by atoms with Gasteiger partial charge in [0.1, 0.15) is 0 Å². The molecule has 0 saturated heterocycles. The van der Waals surface area contributed by atoms with Crippen molar-refractivity contribution in [1.82, 2.24) is 9.80 Å². The predicted octanol–water partition coefficient (Wildman–Crippen LogP) is 4.42. The molecule has 1 aliphatic rings. The lowest BCUT2D eigenvalue weighted by atomic mass is 9.69. The molecular formula is C22H36N2O. The normalized spacial score (nSPS) is 23.9. The van der Waals surface area contributed by atoms with E-state index < -0.39 is 0 Å². The minimum Gasteiger partial charge on any atom is -0.341 e. The molecule has 2 rings (SSSR count). The number of carbonyl (C=O) groups is 1. The van der Waals surface area contributed by atoms with Gasteiger partial charge in [-0.1, -0.05) is 51.5 Å². The highest BCUT2D eigenvalue weighted by molar-refractivity contribution is 5.79. The monoisotopic (exact) mass is 344 g/mol. The van der Waals surface area contributed by atoms with Gasteiger partial charge in [-0.05, 0) is 55.8 Å². The molecule has 1 aliphatic carbocycles. The molecule has 0 heterocycles. The number of hydrogen-bond donors (Lipinski definition) is 0. The summed E-state index contributed by atoms with van der Waals surface area (Å²) in [6.07, 6.45) is 3.51. The fraction of sp³-hybridized carbons (Fsp3) is 0.682. The third-order valence-electron chi connectivity index (χ3n) is 5.63. The standard InChI is InChI=1S/C22H36N2O/c1-16(2)20-11-10-17(3)12-21(20)22(25)24(6)15-19-9-7-8-18(13-19)14-23(4)5/h7-9,13,16-17,20-21H,10-12,14-15H2,1-6H3/t17-,20+,21-/m1/s1. The zero-order valence-electron chi connectivity index (χ0n) is 17.0. The number of carbonyl (C=O) groups excluding carboxylic acids is 1. The molecule has 1 aromatic rings. The van der Waals surface area contributed by atoms with Gasteiger partial charge in [-0.3, -0.25) is 4.79 Å². The lowest BCUT2D eigenvalue weighted by Crippen LogP contribution is -2.40. The Hall–Kier alpha value is -1.35.